The molecular weight excluding hydrogens is 260 g/mol. The Labute approximate surface area is 126 Å². The Kier molecular flexibility index (Phi) is 3.46. The lowest BCUT2D eigenvalue weighted by atomic mass is 9.76. The van der Waals surface area contributed by atoms with Gasteiger partial charge in [0.25, 0.3) is 0 Å². The highest BCUT2D eigenvalue weighted by molar-refractivity contribution is 5.87. The van der Waals surface area contributed by atoms with Gasteiger partial charge in [-0.2, -0.15) is 0 Å². The van der Waals surface area contributed by atoms with Gasteiger partial charge in [-0.3, -0.25) is 4.79 Å². The first-order valence-electron chi connectivity index (χ1n) is 8.41. The van der Waals surface area contributed by atoms with Crippen LogP contribution in [0.1, 0.15) is 42.7 Å². The zero-order valence-electron chi connectivity index (χ0n) is 12.6. The van der Waals surface area contributed by atoms with Crippen molar-refractivity contribution in [1.29, 1.82) is 0 Å². The Balaban J connectivity index is 1.46. The summed E-state index contributed by atoms with van der Waals surface area (Å²) in [5.41, 5.74) is 2.63. The minimum atomic E-state index is 0.126. The van der Waals surface area contributed by atoms with E-state index in [0.29, 0.717) is 11.9 Å². The molecule has 0 radical (unpaired) electrons. The molecule has 1 aromatic rings. The molecule has 1 aliphatic heterocycles. The van der Waals surface area contributed by atoms with Crippen LogP contribution in [0.3, 0.4) is 0 Å². The minimum Gasteiger partial charge on any atom is -0.340 e. The van der Waals surface area contributed by atoms with Crippen molar-refractivity contribution >= 4 is 5.91 Å². The summed E-state index contributed by atoms with van der Waals surface area (Å²) in [5.74, 6) is 1.27. The summed E-state index contributed by atoms with van der Waals surface area (Å²) < 4.78 is 0. The second-order valence-corrected chi connectivity index (χ2v) is 6.94. The van der Waals surface area contributed by atoms with Crippen molar-refractivity contribution < 1.29 is 4.79 Å². The molecule has 4 rings (SSSR count). The van der Waals surface area contributed by atoms with Gasteiger partial charge in [-0.25, -0.2) is 0 Å². The predicted octanol–water partition coefficient (Wildman–Crippen LogP) is 2.32. The molecule has 1 aromatic carbocycles. The van der Waals surface area contributed by atoms with E-state index >= 15 is 0 Å². The monoisotopic (exact) mass is 284 g/mol. The van der Waals surface area contributed by atoms with Crippen LogP contribution in [0.25, 0.3) is 0 Å². The number of hydrogen-bond donors (Lipinski definition) is 1. The van der Waals surface area contributed by atoms with Crippen LogP contribution in [0.4, 0.5) is 0 Å². The minimum absolute atomic E-state index is 0.126. The molecule has 2 fully saturated rings. The van der Waals surface area contributed by atoms with Crippen LogP contribution >= 0.6 is 0 Å². The van der Waals surface area contributed by atoms with Gasteiger partial charge in [0.2, 0.25) is 5.91 Å². The fraction of sp³-hybridized carbons (Fsp3) is 0.611. The Morgan fingerprint density at radius 3 is 2.76 bits per heavy atom. The lowest BCUT2D eigenvalue weighted by Gasteiger charge is -2.35. The molecule has 1 amide bonds. The summed E-state index contributed by atoms with van der Waals surface area (Å²) >= 11 is 0. The number of hydrogen-bond acceptors (Lipinski definition) is 2. The maximum absolute atomic E-state index is 12.9. The Morgan fingerprint density at radius 2 is 2.05 bits per heavy atom. The third kappa shape index (κ3) is 2.71. The van der Waals surface area contributed by atoms with Gasteiger partial charge in [0.05, 0.1) is 5.92 Å². The summed E-state index contributed by atoms with van der Waals surface area (Å²) in [5, 5.41) is 3.54. The summed E-state index contributed by atoms with van der Waals surface area (Å²) in [6.45, 7) is 3.01. The van der Waals surface area contributed by atoms with Crippen molar-refractivity contribution in [2.24, 2.45) is 5.92 Å². The molecule has 3 aliphatic rings. The standard InChI is InChI=1S/C18H24N2O/c21-18(17-10-14-4-1-2-6-16(14)17)20(11-13-7-8-13)12-15-5-3-9-19-15/h1-2,4,6,13,15,17,19H,3,5,7-12H2. The number of rotatable bonds is 5. The third-order valence-corrected chi connectivity index (χ3v) is 5.24. The van der Waals surface area contributed by atoms with Gasteiger partial charge in [0.15, 0.2) is 0 Å². The van der Waals surface area contributed by atoms with Crippen molar-refractivity contribution in [3.05, 3.63) is 35.4 Å². The molecule has 3 heteroatoms. The number of amides is 1. The molecule has 112 valence electrons. The molecule has 0 aromatic heterocycles. The summed E-state index contributed by atoms with van der Waals surface area (Å²) in [4.78, 5) is 15.1. The van der Waals surface area contributed by atoms with Crippen molar-refractivity contribution in [1.82, 2.24) is 10.2 Å². The van der Waals surface area contributed by atoms with Crippen molar-refractivity contribution in [2.75, 3.05) is 19.6 Å². The molecule has 2 unspecified atom stereocenters. The average molecular weight is 284 g/mol. The lowest BCUT2D eigenvalue weighted by molar-refractivity contribution is -0.134. The van der Waals surface area contributed by atoms with Crippen LogP contribution in [-0.2, 0) is 11.2 Å². The second-order valence-electron chi connectivity index (χ2n) is 6.94. The number of fused-ring (bicyclic) bond motifs is 1. The van der Waals surface area contributed by atoms with Gasteiger partial charge in [-0.1, -0.05) is 24.3 Å². The van der Waals surface area contributed by atoms with Crippen LogP contribution in [0.5, 0.6) is 0 Å². The highest BCUT2D eigenvalue weighted by Crippen LogP contribution is 2.37. The SMILES string of the molecule is O=C(C1Cc2ccccc21)N(CC1CC1)CC1CCCN1. The summed E-state index contributed by atoms with van der Waals surface area (Å²) in [7, 11) is 0. The smallest absolute Gasteiger partial charge is 0.230 e. The first-order valence-corrected chi connectivity index (χ1v) is 8.41. The fourth-order valence-corrected chi connectivity index (χ4v) is 3.74. The quantitative estimate of drug-likeness (QED) is 0.900. The number of benzene rings is 1. The van der Waals surface area contributed by atoms with E-state index in [2.05, 4.69) is 34.5 Å². The largest absolute Gasteiger partial charge is 0.340 e. The van der Waals surface area contributed by atoms with E-state index in [1.165, 1.54) is 36.8 Å². The molecule has 2 aliphatic carbocycles. The van der Waals surface area contributed by atoms with Crippen LogP contribution in [-0.4, -0.2) is 36.5 Å². The molecule has 2 atom stereocenters. The highest BCUT2D eigenvalue weighted by Gasteiger charge is 2.37. The van der Waals surface area contributed by atoms with Crippen molar-refractivity contribution in [2.45, 2.75) is 44.1 Å². The first kappa shape index (κ1) is 13.3. The topological polar surface area (TPSA) is 32.3 Å². The molecular formula is C18H24N2O. The van der Waals surface area contributed by atoms with Crippen LogP contribution in [0.2, 0.25) is 0 Å². The van der Waals surface area contributed by atoms with Gasteiger partial charge >= 0.3 is 0 Å². The van der Waals surface area contributed by atoms with Gasteiger partial charge in [-0.05, 0) is 55.7 Å². The molecule has 1 heterocycles. The molecule has 0 spiro atoms. The van der Waals surface area contributed by atoms with E-state index < -0.39 is 0 Å². The Hall–Kier alpha value is -1.35. The first-order chi connectivity index (χ1) is 10.3. The fourth-order valence-electron chi connectivity index (χ4n) is 3.74. The molecule has 1 saturated carbocycles. The predicted molar refractivity (Wildman–Crippen MR) is 83.2 cm³/mol. The molecule has 1 N–H and O–H groups in total. The van der Waals surface area contributed by atoms with E-state index in [1.807, 2.05) is 0 Å². The Morgan fingerprint density at radius 1 is 1.19 bits per heavy atom. The molecule has 0 bridgehead atoms. The third-order valence-electron chi connectivity index (χ3n) is 5.24. The zero-order chi connectivity index (χ0) is 14.2. The van der Waals surface area contributed by atoms with Crippen LogP contribution in [0.15, 0.2) is 24.3 Å². The van der Waals surface area contributed by atoms with Gasteiger partial charge < -0.3 is 10.2 Å². The van der Waals surface area contributed by atoms with E-state index in [1.54, 1.807) is 0 Å². The summed E-state index contributed by atoms with van der Waals surface area (Å²) in [6.07, 6.45) is 6.03. The van der Waals surface area contributed by atoms with Crippen LogP contribution < -0.4 is 5.32 Å². The number of carbonyl (C=O) groups is 1. The molecule has 1 saturated heterocycles. The number of nitrogens with one attached hydrogen (secondary N) is 1. The molecule has 3 nitrogen and oxygen atoms in total. The van der Waals surface area contributed by atoms with Crippen molar-refractivity contribution in [3.63, 3.8) is 0 Å². The van der Waals surface area contributed by atoms with E-state index in [0.717, 1.165) is 32.0 Å². The number of carbonyl (C=O) groups excluding carboxylic acids is 1. The highest BCUT2D eigenvalue weighted by atomic mass is 16.2. The van der Waals surface area contributed by atoms with Gasteiger partial charge in [-0.15, -0.1) is 0 Å². The van der Waals surface area contributed by atoms with Gasteiger partial charge in [0, 0.05) is 19.1 Å². The maximum Gasteiger partial charge on any atom is 0.230 e. The Bertz CT molecular complexity index is 532. The zero-order valence-corrected chi connectivity index (χ0v) is 12.6. The van der Waals surface area contributed by atoms with Crippen molar-refractivity contribution in [3.8, 4) is 0 Å². The van der Waals surface area contributed by atoms with Crippen LogP contribution in [0, 0.1) is 5.92 Å². The summed E-state index contributed by atoms with van der Waals surface area (Å²) in [6, 6.07) is 8.93. The average Bonchev–Trinajstić information content (AvgIpc) is 3.13. The maximum atomic E-state index is 12.9. The lowest BCUT2D eigenvalue weighted by Crippen LogP contribution is -2.46. The van der Waals surface area contributed by atoms with E-state index in [4.69, 9.17) is 0 Å². The van der Waals surface area contributed by atoms with Gasteiger partial charge in [0.1, 0.15) is 0 Å². The number of nitrogens with zero attached hydrogens (tertiary/aromatic N) is 1. The second kappa shape index (κ2) is 5.45. The molecule has 21 heavy (non-hydrogen) atoms. The van der Waals surface area contributed by atoms with E-state index in [-0.39, 0.29) is 5.92 Å². The van der Waals surface area contributed by atoms with E-state index in [9.17, 15) is 4.79 Å². The normalized spacial score (nSPS) is 27.0.